The number of rotatable bonds is 0. The Morgan fingerprint density at radius 1 is 1.46 bits per heavy atom. The molecule has 1 aliphatic heterocycles. The average Bonchev–Trinajstić information content (AvgIpc) is 2.51. The van der Waals surface area contributed by atoms with E-state index in [9.17, 15) is 4.79 Å². The van der Waals surface area contributed by atoms with Crippen LogP contribution in [0.2, 0.25) is 0 Å². The van der Waals surface area contributed by atoms with Crippen LogP contribution in [-0.4, -0.2) is 10.4 Å². The summed E-state index contributed by atoms with van der Waals surface area (Å²) < 4.78 is 2.11. The molecule has 2 heteroatoms. The number of ketones is 1. The molecular weight excluding hydrogens is 162 g/mol. The lowest BCUT2D eigenvalue weighted by molar-refractivity contribution is 0.0972. The van der Waals surface area contributed by atoms with Gasteiger partial charge in [0.05, 0.1) is 5.69 Å². The average molecular weight is 177 g/mol. The van der Waals surface area contributed by atoms with Crippen molar-refractivity contribution >= 4 is 5.78 Å². The molecule has 1 aliphatic rings. The minimum absolute atomic E-state index is 0.167. The molecule has 0 fully saturated rings. The molecule has 0 radical (unpaired) electrons. The van der Waals surface area contributed by atoms with Crippen LogP contribution in [0.15, 0.2) is 18.3 Å². The fourth-order valence-corrected chi connectivity index (χ4v) is 2.00. The summed E-state index contributed by atoms with van der Waals surface area (Å²) in [5, 5.41) is 0. The summed E-state index contributed by atoms with van der Waals surface area (Å²) in [5.41, 5.74) is 1.04. The van der Waals surface area contributed by atoms with Crippen LogP contribution >= 0.6 is 0 Å². The first kappa shape index (κ1) is 8.54. The predicted octanol–water partition coefficient (Wildman–Crippen LogP) is 2.66. The quantitative estimate of drug-likeness (QED) is 0.597. The lowest BCUT2D eigenvalue weighted by Gasteiger charge is -2.27. The Kier molecular flexibility index (Phi) is 1.62. The van der Waals surface area contributed by atoms with Crippen molar-refractivity contribution in [1.29, 1.82) is 0 Å². The van der Waals surface area contributed by atoms with Crippen molar-refractivity contribution in [1.82, 2.24) is 4.57 Å². The smallest absolute Gasteiger partial charge is 0.181 e. The Balaban J connectivity index is 2.44. The fourth-order valence-electron chi connectivity index (χ4n) is 2.00. The maximum Gasteiger partial charge on any atom is 0.181 e. The van der Waals surface area contributed by atoms with E-state index in [0.29, 0.717) is 12.5 Å². The van der Waals surface area contributed by atoms with E-state index in [1.165, 1.54) is 0 Å². The summed E-state index contributed by atoms with van der Waals surface area (Å²) >= 11 is 0. The number of nitrogens with zero attached hydrogens (tertiary/aromatic N) is 1. The van der Waals surface area contributed by atoms with Gasteiger partial charge in [-0.05, 0) is 17.5 Å². The standard InChI is InChI=1S/C11H15NO/c1-11(2,3)10-7-9(13)8-5-4-6-12(8)10/h4-6,10H,7H2,1-3H3. The first-order valence-corrected chi connectivity index (χ1v) is 4.70. The van der Waals surface area contributed by atoms with Crippen molar-refractivity contribution in [2.75, 3.05) is 0 Å². The third-order valence-corrected chi connectivity index (χ3v) is 2.78. The molecule has 1 atom stereocenters. The summed E-state index contributed by atoms with van der Waals surface area (Å²) in [4.78, 5) is 11.6. The van der Waals surface area contributed by atoms with Crippen LogP contribution in [-0.2, 0) is 0 Å². The van der Waals surface area contributed by atoms with Gasteiger partial charge in [-0.25, -0.2) is 0 Å². The van der Waals surface area contributed by atoms with Crippen LogP contribution in [0, 0.1) is 5.41 Å². The number of Topliss-reactive ketones (excluding diaryl/α,β-unsaturated/α-hetero) is 1. The van der Waals surface area contributed by atoms with Crippen molar-refractivity contribution in [3.63, 3.8) is 0 Å². The van der Waals surface area contributed by atoms with Gasteiger partial charge < -0.3 is 4.57 Å². The molecule has 0 saturated heterocycles. The normalized spacial score (nSPS) is 22.1. The van der Waals surface area contributed by atoms with Crippen molar-refractivity contribution in [3.8, 4) is 0 Å². The monoisotopic (exact) mass is 177 g/mol. The number of carbonyl (C=O) groups is 1. The van der Waals surface area contributed by atoms with E-state index in [0.717, 1.165) is 5.69 Å². The summed E-state index contributed by atoms with van der Waals surface area (Å²) in [6.45, 7) is 6.54. The highest BCUT2D eigenvalue weighted by atomic mass is 16.1. The van der Waals surface area contributed by atoms with E-state index < -0.39 is 0 Å². The van der Waals surface area contributed by atoms with Gasteiger partial charge in [0.2, 0.25) is 0 Å². The third-order valence-electron chi connectivity index (χ3n) is 2.78. The molecule has 0 amide bonds. The van der Waals surface area contributed by atoms with Gasteiger partial charge >= 0.3 is 0 Å². The summed E-state index contributed by atoms with van der Waals surface area (Å²) in [6.07, 6.45) is 2.68. The second-order valence-corrected chi connectivity index (χ2v) is 4.81. The molecule has 0 aliphatic carbocycles. The Labute approximate surface area is 78.6 Å². The van der Waals surface area contributed by atoms with Gasteiger partial charge in [-0.15, -0.1) is 0 Å². The molecule has 2 rings (SSSR count). The van der Waals surface area contributed by atoms with Crippen LogP contribution in [0.3, 0.4) is 0 Å². The van der Waals surface area contributed by atoms with Crippen LogP contribution < -0.4 is 0 Å². The molecule has 1 aromatic heterocycles. The highest BCUT2D eigenvalue weighted by molar-refractivity contribution is 5.97. The lowest BCUT2D eigenvalue weighted by Crippen LogP contribution is -2.20. The molecule has 70 valence electrons. The predicted molar refractivity (Wildman–Crippen MR) is 51.9 cm³/mol. The van der Waals surface area contributed by atoms with Gasteiger partial charge in [0, 0.05) is 18.7 Å². The summed E-state index contributed by atoms with van der Waals surface area (Å²) in [5.74, 6) is 0.282. The second-order valence-electron chi connectivity index (χ2n) is 4.81. The van der Waals surface area contributed by atoms with Crippen LogP contribution in [0.5, 0.6) is 0 Å². The minimum Gasteiger partial charge on any atom is -0.341 e. The Morgan fingerprint density at radius 3 is 2.77 bits per heavy atom. The SMILES string of the molecule is CC(C)(C)C1CC(=O)c2cccn21. The molecular formula is C11H15NO. The molecule has 2 heterocycles. The van der Waals surface area contributed by atoms with Gasteiger partial charge in [-0.1, -0.05) is 20.8 Å². The molecule has 1 unspecified atom stereocenters. The highest BCUT2D eigenvalue weighted by Crippen LogP contribution is 2.39. The van der Waals surface area contributed by atoms with Gasteiger partial charge in [0.1, 0.15) is 0 Å². The number of fused-ring (bicyclic) bond motifs is 1. The highest BCUT2D eigenvalue weighted by Gasteiger charge is 2.35. The zero-order valence-electron chi connectivity index (χ0n) is 8.37. The molecule has 0 N–H and O–H groups in total. The van der Waals surface area contributed by atoms with Crippen molar-refractivity contribution < 1.29 is 4.79 Å². The molecule has 1 aromatic rings. The Bertz CT molecular complexity index is 343. The number of carbonyl (C=O) groups excluding carboxylic acids is 1. The molecule has 0 spiro atoms. The topological polar surface area (TPSA) is 22.0 Å². The van der Waals surface area contributed by atoms with E-state index in [4.69, 9.17) is 0 Å². The van der Waals surface area contributed by atoms with E-state index in [-0.39, 0.29) is 11.2 Å². The first-order chi connectivity index (χ1) is 6.00. The van der Waals surface area contributed by atoms with Crippen molar-refractivity contribution in [2.45, 2.75) is 33.2 Å². The maximum absolute atomic E-state index is 11.6. The number of hydrogen-bond acceptors (Lipinski definition) is 1. The van der Waals surface area contributed by atoms with Crippen molar-refractivity contribution in [2.24, 2.45) is 5.41 Å². The van der Waals surface area contributed by atoms with Crippen LogP contribution in [0.4, 0.5) is 0 Å². The van der Waals surface area contributed by atoms with Crippen molar-refractivity contribution in [3.05, 3.63) is 24.0 Å². The molecule has 0 bridgehead atoms. The maximum atomic E-state index is 11.6. The minimum atomic E-state index is 0.167. The van der Waals surface area contributed by atoms with Gasteiger partial charge in [-0.2, -0.15) is 0 Å². The molecule has 13 heavy (non-hydrogen) atoms. The number of aromatic nitrogens is 1. The molecule has 0 aromatic carbocycles. The Morgan fingerprint density at radius 2 is 2.15 bits per heavy atom. The van der Waals surface area contributed by atoms with Crippen LogP contribution in [0.25, 0.3) is 0 Å². The third kappa shape index (κ3) is 1.21. The first-order valence-electron chi connectivity index (χ1n) is 4.70. The Hall–Kier alpha value is -1.05. The van der Waals surface area contributed by atoms with Crippen LogP contribution in [0.1, 0.15) is 43.7 Å². The number of hydrogen-bond donors (Lipinski definition) is 0. The van der Waals surface area contributed by atoms with Gasteiger partial charge in [0.25, 0.3) is 0 Å². The van der Waals surface area contributed by atoms with Gasteiger partial charge in [0.15, 0.2) is 5.78 Å². The summed E-state index contributed by atoms with van der Waals surface area (Å²) in [6, 6.07) is 4.20. The lowest BCUT2D eigenvalue weighted by atomic mass is 9.85. The van der Waals surface area contributed by atoms with E-state index in [1.54, 1.807) is 0 Å². The fraction of sp³-hybridized carbons (Fsp3) is 0.545. The van der Waals surface area contributed by atoms with Gasteiger partial charge in [-0.3, -0.25) is 4.79 Å². The van der Waals surface area contributed by atoms with E-state index >= 15 is 0 Å². The zero-order valence-corrected chi connectivity index (χ0v) is 8.37. The van der Waals surface area contributed by atoms with E-state index in [1.807, 2.05) is 18.3 Å². The molecule has 2 nitrogen and oxygen atoms in total. The largest absolute Gasteiger partial charge is 0.341 e. The van der Waals surface area contributed by atoms with E-state index in [2.05, 4.69) is 25.3 Å². The molecule has 0 saturated carbocycles. The summed E-state index contributed by atoms with van der Waals surface area (Å²) in [7, 11) is 0. The zero-order chi connectivity index (χ0) is 9.64. The second kappa shape index (κ2) is 2.47.